The van der Waals surface area contributed by atoms with Crippen molar-refractivity contribution in [3.05, 3.63) is 24.5 Å². The van der Waals surface area contributed by atoms with Crippen LogP contribution >= 0.6 is 0 Å². The van der Waals surface area contributed by atoms with E-state index in [-0.39, 0.29) is 0 Å². The van der Waals surface area contributed by atoms with Gasteiger partial charge in [-0.1, -0.05) is 0 Å². The van der Waals surface area contributed by atoms with E-state index in [0.29, 0.717) is 5.95 Å². The molecule has 0 aliphatic carbocycles. The minimum Gasteiger partial charge on any atom is -0.295 e. The molecule has 2 aromatic rings. The molecule has 6 nitrogen and oxygen atoms in total. The summed E-state index contributed by atoms with van der Waals surface area (Å²) in [6, 6.07) is 3.76. The van der Waals surface area contributed by atoms with Crippen LogP contribution in [0.25, 0.3) is 11.4 Å². The van der Waals surface area contributed by atoms with Crippen LogP contribution in [0, 0.1) is 0 Å². The second kappa shape index (κ2) is 3.43. The molecular formula is C8H10N6. The lowest BCUT2D eigenvalue weighted by Gasteiger charge is -2.01. The smallest absolute Gasteiger partial charge is 0.238 e. The molecule has 0 spiro atoms. The number of nitrogen functional groups attached to an aromatic ring is 1. The first-order valence-corrected chi connectivity index (χ1v) is 4.09. The van der Waals surface area contributed by atoms with Crippen LogP contribution < -0.4 is 11.3 Å². The molecular weight excluding hydrogens is 180 g/mol. The van der Waals surface area contributed by atoms with E-state index in [1.54, 1.807) is 17.0 Å². The Balaban J connectivity index is 2.48. The Morgan fingerprint density at radius 3 is 2.86 bits per heavy atom. The van der Waals surface area contributed by atoms with E-state index in [9.17, 15) is 0 Å². The van der Waals surface area contributed by atoms with E-state index in [0.717, 1.165) is 11.4 Å². The van der Waals surface area contributed by atoms with Crippen LogP contribution in [0.2, 0.25) is 0 Å². The van der Waals surface area contributed by atoms with Crippen molar-refractivity contribution in [3.63, 3.8) is 0 Å². The quantitative estimate of drug-likeness (QED) is 0.521. The van der Waals surface area contributed by atoms with Crippen molar-refractivity contribution in [3.8, 4) is 11.4 Å². The predicted molar refractivity (Wildman–Crippen MR) is 52.0 cm³/mol. The lowest BCUT2D eigenvalue weighted by molar-refractivity contribution is 0.916. The van der Waals surface area contributed by atoms with Crippen LogP contribution in [0.15, 0.2) is 24.5 Å². The largest absolute Gasteiger partial charge is 0.295 e. The molecule has 0 saturated carbocycles. The van der Waals surface area contributed by atoms with E-state index in [1.165, 1.54) is 0 Å². The van der Waals surface area contributed by atoms with Gasteiger partial charge in [0.15, 0.2) is 5.82 Å². The van der Waals surface area contributed by atoms with Crippen molar-refractivity contribution in [1.82, 2.24) is 19.7 Å². The van der Waals surface area contributed by atoms with Gasteiger partial charge < -0.3 is 0 Å². The standard InChI is InChI=1S/C8H10N6/c1-14-7(12-13-8(14)11-9)6-3-2-4-10-5-6/h2-5H,9H2,1H3,(H,11,13). The van der Waals surface area contributed by atoms with E-state index in [1.807, 2.05) is 19.2 Å². The third-order valence-electron chi connectivity index (χ3n) is 1.92. The fourth-order valence-corrected chi connectivity index (χ4v) is 1.20. The average molecular weight is 190 g/mol. The second-order valence-electron chi connectivity index (χ2n) is 2.79. The molecule has 0 saturated heterocycles. The molecule has 2 heterocycles. The number of hydrogen-bond acceptors (Lipinski definition) is 5. The molecule has 0 bridgehead atoms. The van der Waals surface area contributed by atoms with Gasteiger partial charge in [-0.3, -0.25) is 15.0 Å². The monoisotopic (exact) mass is 190 g/mol. The molecule has 0 radical (unpaired) electrons. The van der Waals surface area contributed by atoms with Crippen molar-refractivity contribution >= 4 is 5.95 Å². The van der Waals surface area contributed by atoms with Gasteiger partial charge in [0.2, 0.25) is 5.95 Å². The van der Waals surface area contributed by atoms with Crippen LogP contribution in [0.1, 0.15) is 0 Å². The minimum atomic E-state index is 0.517. The number of aromatic nitrogens is 4. The zero-order valence-electron chi connectivity index (χ0n) is 7.68. The van der Waals surface area contributed by atoms with Crippen LogP contribution in [-0.4, -0.2) is 19.7 Å². The molecule has 0 unspecified atom stereocenters. The van der Waals surface area contributed by atoms with Crippen molar-refractivity contribution in [1.29, 1.82) is 0 Å². The van der Waals surface area contributed by atoms with Crippen LogP contribution in [0.3, 0.4) is 0 Å². The van der Waals surface area contributed by atoms with Gasteiger partial charge in [-0.15, -0.1) is 10.2 Å². The molecule has 14 heavy (non-hydrogen) atoms. The highest BCUT2D eigenvalue weighted by Crippen LogP contribution is 2.16. The normalized spacial score (nSPS) is 10.1. The Morgan fingerprint density at radius 2 is 2.29 bits per heavy atom. The fraction of sp³-hybridized carbons (Fsp3) is 0.125. The Hall–Kier alpha value is -1.95. The second-order valence-corrected chi connectivity index (χ2v) is 2.79. The summed E-state index contributed by atoms with van der Waals surface area (Å²) in [4.78, 5) is 4.00. The highest BCUT2D eigenvalue weighted by atomic mass is 15.4. The summed E-state index contributed by atoms with van der Waals surface area (Å²) in [5.41, 5.74) is 3.36. The lowest BCUT2D eigenvalue weighted by Crippen LogP contribution is -2.11. The molecule has 6 heteroatoms. The molecule has 2 rings (SSSR count). The SMILES string of the molecule is Cn1c(NN)nnc1-c1cccnc1. The number of hydrogen-bond donors (Lipinski definition) is 2. The number of nitrogens with zero attached hydrogens (tertiary/aromatic N) is 4. The van der Waals surface area contributed by atoms with Gasteiger partial charge in [-0.05, 0) is 12.1 Å². The topological polar surface area (TPSA) is 81.7 Å². The Labute approximate surface area is 80.8 Å². The van der Waals surface area contributed by atoms with E-state index < -0.39 is 0 Å². The van der Waals surface area contributed by atoms with E-state index in [4.69, 9.17) is 5.84 Å². The van der Waals surface area contributed by atoms with Gasteiger partial charge >= 0.3 is 0 Å². The van der Waals surface area contributed by atoms with Gasteiger partial charge in [0, 0.05) is 25.0 Å². The summed E-state index contributed by atoms with van der Waals surface area (Å²) in [7, 11) is 1.83. The molecule has 72 valence electrons. The highest BCUT2D eigenvalue weighted by molar-refractivity contribution is 5.55. The Kier molecular flexibility index (Phi) is 2.11. The molecule has 0 fully saturated rings. The molecule has 3 N–H and O–H groups in total. The maximum atomic E-state index is 5.25. The van der Waals surface area contributed by atoms with Gasteiger partial charge in [0.1, 0.15) is 0 Å². The van der Waals surface area contributed by atoms with E-state index >= 15 is 0 Å². The predicted octanol–water partition coefficient (Wildman–Crippen LogP) is 0.163. The first kappa shape index (κ1) is 8.64. The molecule has 0 aliphatic rings. The third kappa shape index (κ3) is 1.31. The molecule has 2 aromatic heterocycles. The maximum Gasteiger partial charge on any atom is 0.238 e. The maximum absolute atomic E-state index is 5.25. The van der Waals surface area contributed by atoms with Crippen molar-refractivity contribution in [2.75, 3.05) is 5.43 Å². The Bertz CT molecular complexity index is 421. The van der Waals surface area contributed by atoms with Gasteiger partial charge in [-0.25, -0.2) is 5.84 Å². The van der Waals surface area contributed by atoms with Gasteiger partial charge in [0.25, 0.3) is 0 Å². The number of nitrogens with one attached hydrogen (secondary N) is 1. The van der Waals surface area contributed by atoms with Crippen molar-refractivity contribution in [2.24, 2.45) is 12.9 Å². The number of nitrogens with two attached hydrogens (primary N) is 1. The van der Waals surface area contributed by atoms with Gasteiger partial charge in [-0.2, -0.15) is 0 Å². The first-order chi connectivity index (χ1) is 6.83. The summed E-state index contributed by atoms with van der Waals surface area (Å²) < 4.78 is 1.76. The average Bonchev–Trinajstić information content (AvgIpc) is 2.61. The zero-order chi connectivity index (χ0) is 9.97. The van der Waals surface area contributed by atoms with Crippen molar-refractivity contribution in [2.45, 2.75) is 0 Å². The van der Waals surface area contributed by atoms with Gasteiger partial charge in [0.05, 0.1) is 0 Å². The number of pyridine rings is 1. The summed E-state index contributed by atoms with van der Waals surface area (Å²) >= 11 is 0. The highest BCUT2D eigenvalue weighted by Gasteiger charge is 2.08. The molecule has 0 aliphatic heterocycles. The van der Waals surface area contributed by atoms with Crippen molar-refractivity contribution < 1.29 is 0 Å². The summed E-state index contributed by atoms with van der Waals surface area (Å²) in [6.45, 7) is 0. The van der Waals surface area contributed by atoms with Crippen LogP contribution in [-0.2, 0) is 7.05 Å². The van der Waals surface area contributed by atoms with Crippen LogP contribution in [0.5, 0.6) is 0 Å². The summed E-state index contributed by atoms with van der Waals surface area (Å²) in [5.74, 6) is 6.50. The van der Waals surface area contributed by atoms with Crippen LogP contribution in [0.4, 0.5) is 5.95 Å². The Morgan fingerprint density at radius 1 is 1.43 bits per heavy atom. The minimum absolute atomic E-state index is 0.517. The number of rotatable bonds is 2. The summed E-state index contributed by atoms with van der Waals surface area (Å²) in [5, 5.41) is 7.85. The summed E-state index contributed by atoms with van der Waals surface area (Å²) in [6.07, 6.45) is 3.44. The lowest BCUT2D eigenvalue weighted by atomic mass is 10.3. The number of anilines is 1. The fourth-order valence-electron chi connectivity index (χ4n) is 1.20. The molecule has 0 aromatic carbocycles. The molecule has 0 amide bonds. The third-order valence-corrected chi connectivity index (χ3v) is 1.92. The number of hydrazine groups is 1. The zero-order valence-corrected chi connectivity index (χ0v) is 7.68. The molecule has 0 atom stereocenters. The first-order valence-electron chi connectivity index (χ1n) is 4.09. The van der Waals surface area contributed by atoms with E-state index in [2.05, 4.69) is 20.6 Å².